The molecule has 0 aliphatic heterocycles. The van der Waals surface area contributed by atoms with Gasteiger partial charge >= 0.3 is 0 Å². The number of sulfonamides is 1. The highest BCUT2D eigenvalue weighted by Crippen LogP contribution is 2.28. The van der Waals surface area contributed by atoms with Crippen LogP contribution in [0.15, 0.2) is 77.7 Å². The summed E-state index contributed by atoms with van der Waals surface area (Å²) < 4.78 is 43.5. The highest BCUT2D eigenvalue weighted by molar-refractivity contribution is 7.92. The molecule has 0 aliphatic carbocycles. The van der Waals surface area contributed by atoms with Gasteiger partial charge in [0.2, 0.25) is 11.8 Å². The van der Waals surface area contributed by atoms with Crippen molar-refractivity contribution in [1.29, 1.82) is 0 Å². The summed E-state index contributed by atoms with van der Waals surface area (Å²) in [6, 6.07) is 18.2. The average molecular weight is 554 g/mol. The molecule has 3 aromatic carbocycles. The van der Waals surface area contributed by atoms with Gasteiger partial charge in [0.05, 0.1) is 10.6 Å². The zero-order valence-electron chi connectivity index (χ0n) is 23.2. The number of anilines is 1. The van der Waals surface area contributed by atoms with Crippen LogP contribution in [0.2, 0.25) is 0 Å². The molecule has 0 fully saturated rings. The van der Waals surface area contributed by atoms with Crippen molar-refractivity contribution in [3.63, 3.8) is 0 Å². The molecule has 3 rings (SSSR count). The molecule has 1 N–H and O–H groups in total. The molecule has 39 heavy (non-hydrogen) atoms. The number of hydrogen-bond acceptors (Lipinski definition) is 4. The average Bonchev–Trinajstić information content (AvgIpc) is 2.87. The zero-order valence-corrected chi connectivity index (χ0v) is 24.0. The van der Waals surface area contributed by atoms with E-state index in [0.717, 1.165) is 9.87 Å². The smallest absolute Gasteiger partial charge is 0.264 e. The van der Waals surface area contributed by atoms with Gasteiger partial charge in [0.15, 0.2) is 0 Å². The van der Waals surface area contributed by atoms with Crippen molar-refractivity contribution in [1.82, 2.24) is 10.2 Å². The third-order valence-corrected chi connectivity index (χ3v) is 7.98. The summed E-state index contributed by atoms with van der Waals surface area (Å²) in [6.07, 6.45) is 0. The van der Waals surface area contributed by atoms with E-state index in [4.69, 9.17) is 0 Å². The lowest BCUT2D eigenvalue weighted by Gasteiger charge is -2.34. The Balaban J connectivity index is 2.08. The molecule has 2 amide bonds. The van der Waals surface area contributed by atoms with Gasteiger partial charge in [-0.15, -0.1) is 0 Å². The molecule has 0 saturated heterocycles. The van der Waals surface area contributed by atoms with Gasteiger partial charge in [-0.25, -0.2) is 12.8 Å². The molecule has 0 aliphatic rings. The molecule has 0 saturated carbocycles. The quantitative estimate of drug-likeness (QED) is 0.405. The van der Waals surface area contributed by atoms with Crippen LogP contribution < -0.4 is 9.62 Å². The second-order valence-corrected chi connectivity index (χ2v) is 12.5. The SMILES string of the molecule is Cc1ccc(C)c(N(CC(=O)N(Cc2ccccc2F)[C@@H](C)C(=O)NC(C)(C)C)S(=O)(=O)c2ccccc2)c1. The van der Waals surface area contributed by atoms with E-state index in [-0.39, 0.29) is 17.0 Å². The van der Waals surface area contributed by atoms with E-state index >= 15 is 0 Å². The fourth-order valence-corrected chi connectivity index (χ4v) is 5.58. The molecule has 0 bridgehead atoms. The number of nitrogens with zero attached hydrogens (tertiary/aromatic N) is 2. The second kappa shape index (κ2) is 12.0. The summed E-state index contributed by atoms with van der Waals surface area (Å²) in [4.78, 5) is 28.3. The van der Waals surface area contributed by atoms with Crippen LogP contribution in [0.25, 0.3) is 0 Å². The standard InChI is InChI=1S/C30H36FN3O4S/c1-21-16-17-22(2)27(18-21)34(39(37,38)25-13-8-7-9-14-25)20-28(35)33(19-24-12-10-11-15-26(24)31)23(3)29(36)32-30(4,5)6/h7-18,23H,19-20H2,1-6H3,(H,32,36)/t23-/m0/s1. The molecule has 0 spiro atoms. The van der Waals surface area contributed by atoms with Gasteiger partial charge in [-0.05, 0) is 76.9 Å². The molecule has 0 unspecified atom stereocenters. The van der Waals surface area contributed by atoms with E-state index in [2.05, 4.69) is 5.32 Å². The maximum absolute atomic E-state index is 14.6. The van der Waals surface area contributed by atoms with Gasteiger partial charge in [-0.1, -0.05) is 48.5 Å². The van der Waals surface area contributed by atoms with Gasteiger partial charge in [0, 0.05) is 17.6 Å². The number of amides is 2. The number of carbonyl (C=O) groups is 2. The Morgan fingerprint density at radius 2 is 1.56 bits per heavy atom. The second-order valence-electron chi connectivity index (χ2n) is 10.6. The minimum absolute atomic E-state index is 0.0258. The summed E-state index contributed by atoms with van der Waals surface area (Å²) >= 11 is 0. The number of hydrogen-bond donors (Lipinski definition) is 1. The first kappa shape index (κ1) is 29.8. The number of halogens is 1. The lowest BCUT2D eigenvalue weighted by Crippen LogP contribution is -2.54. The molecule has 0 aromatic heterocycles. The maximum Gasteiger partial charge on any atom is 0.264 e. The maximum atomic E-state index is 14.6. The van der Waals surface area contributed by atoms with Crippen molar-refractivity contribution in [2.75, 3.05) is 10.8 Å². The number of rotatable bonds is 9. The van der Waals surface area contributed by atoms with Gasteiger partial charge < -0.3 is 10.2 Å². The first-order valence-electron chi connectivity index (χ1n) is 12.7. The Hall–Kier alpha value is -3.72. The van der Waals surface area contributed by atoms with Crippen LogP contribution in [0.1, 0.15) is 44.4 Å². The molecular weight excluding hydrogens is 517 g/mol. The molecule has 7 nitrogen and oxygen atoms in total. The molecule has 3 aromatic rings. The highest BCUT2D eigenvalue weighted by atomic mass is 32.2. The fourth-order valence-electron chi connectivity index (χ4n) is 4.09. The van der Waals surface area contributed by atoms with Crippen LogP contribution in [-0.2, 0) is 26.2 Å². The summed E-state index contributed by atoms with van der Waals surface area (Å²) in [7, 11) is -4.17. The minimum atomic E-state index is -4.17. The van der Waals surface area contributed by atoms with Crippen molar-refractivity contribution < 1.29 is 22.4 Å². The van der Waals surface area contributed by atoms with E-state index < -0.39 is 45.8 Å². The Morgan fingerprint density at radius 3 is 2.18 bits per heavy atom. The van der Waals surface area contributed by atoms with E-state index in [1.165, 1.54) is 35.2 Å². The summed E-state index contributed by atoms with van der Waals surface area (Å²) in [5.41, 5.74) is 1.47. The third-order valence-electron chi connectivity index (χ3n) is 6.21. The Labute approximate surface area is 230 Å². The Kier molecular flexibility index (Phi) is 9.17. The minimum Gasteiger partial charge on any atom is -0.350 e. The van der Waals surface area contributed by atoms with E-state index in [1.807, 2.05) is 33.8 Å². The van der Waals surface area contributed by atoms with Crippen LogP contribution in [0.3, 0.4) is 0 Å². The topological polar surface area (TPSA) is 86.8 Å². The molecule has 0 radical (unpaired) electrons. The van der Waals surface area contributed by atoms with Gasteiger partial charge in [-0.2, -0.15) is 0 Å². The van der Waals surface area contributed by atoms with Crippen molar-refractivity contribution in [2.45, 2.75) is 64.6 Å². The number of carbonyl (C=O) groups excluding carboxylic acids is 2. The monoisotopic (exact) mass is 553 g/mol. The van der Waals surface area contributed by atoms with Crippen LogP contribution >= 0.6 is 0 Å². The molecule has 208 valence electrons. The lowest BCUT2D eigenvalue weighted by atomic mass is 10.1. The van der Waals surface area contributed by atoms with E-state index in [1.54, 1.807) is 50.2 Å². The van der Waals surface area contributed by atoms with Crippen molar-refractivity contribution >= 4 is 27.5 Å². The molecular formula is C30H36FN3O4S. The Morgan fingerprint density at radius 1 is 0.949 bits per heavy atom. The number of aryl methyl sites for hydroxylation is 2. The van der Waals surface area contributed by atoms with Crippen molar-refractivity contribution in [2.24, 2.45) is 0 Å². The van der Waals surface area contributed by atoms with E-state index in [0.29, 0.717) is 11.3 Å². The molecule has 1 atom stereocenters. The first-order chi connectivity index (χ1) is 18.2. The normalized spacial score (nSPS) is 12.5. The van der Waals surface area contributed by atoms with Crippen LogP contribution in [0.4, 0.5) is 10.1 Å². The first-order valence-corrected chi connectivity index (χ1v) is 14.1. The Bertz CT molecular complexity index is 1440. The lowest BCUT2D eigenvalue weighted by molar-refractivity contribution is -0.140. The molecule has 9 heteroatoms. The third kappa shape index (κ3) is 7.44. The number of nitrogens with one attached hydrogen (secondary N) is 1. The number of benzene rings is 3. The predicted molar refractivity (Wildman–Crippen MR) is 151 cm³/mol. The summed E-state index contributed by atoms with van der Waals surface area (Å²) in [6.45, 7) is 9.80. The van der Waals surface area contributed by atoms with Gasteiger partial charge in [0.1, 0.15) is 18.4 Å². The van der Waals surface area contributed by atoms with Gasteiger partial charge in [-0.3, -0.25) is 13.9 Å². The predicted octanol–water partition coefficient (Wildman–Crippen LogP) is 4.97. The van der Waals surface area contributed by atoms with Gasteiger partial charge in [0.25, 0.3) is 10.0 Å². The summed E-state index contributed by atoms with van der Waals surface area (Å²) in [5, 5.41) is 2.85. The van der Waals surface area contributed by atoms with Crippen LogP contribution in [-0.4, -0.2) is 43.3 Å². The highest BCUT2D eigenvalue weighted by Gasteiger charge is 2.34. The molecule has 0 heterocycles. The fraction of sp³-hybridized carbons (Fsp3) is 0.333. The van der Waals surface area contributed by atoms with Crippen LogP contribution in [0.5, 0.6) is 0 Å². The zero-order chi connectivity index (χ0) is 29.0. The van der Waals surface area contributed by atoms with Crippen molar-refractivity contribution in [3.05, 3.63) is 95.3 Å². The van der Waals surface area contributed by atoms with E-state index in [9.17, 15) is 22.4 Å². The van der Waals surface area contributed by atoms with Crippen LogP contribution in [0, 0.1) is 19.7 Å². The largest absolute Gasteiger partial charge is 0.350 e. The van der Waals surface area contributed by atoms with Crippen molar-refractivity contribution in [3.8, 4) is 0 Å². The summed E-state index contributed by atoms with van der Waals surface area (Å²) in [5.74, 6) is -1.60.